The Morgan fingerprint density at radius 1 is 1.00 bits per heavy atom. The third-order valence-electron chi connectivity index (χ3n) is 5.94. The molecule has 3 heterocycles. The van der Waals surface area contributed by atoms with Crippen LogP contribution in [0.25, 0.3) is 0 Å². The van der Waals surface area contributed by atoms with Crippen LogP contribution in [0.2, 0.25) is 5.02 Å². The van der Waals surface area contributed by atoms with Crippen LogP contribution in [0.1, 0.15) is 19.3 Å². The van der Waals surface area contributed by atoms with E-state index in [4.69, 9.17) is 25.8 Å². The summed E-state index contributed by atoms with van der Waals surface area (Å²) in [6.07, 6.45) is 3.55. The number of hydrogen-bond acceptors (Lipinski definition) is 6. The molecule has 0 unspecified atom stereocenters. The van der Waals surface area contributed by atoms with E-state index < -0.39 is 0 Å². The summed E-state index contributed by atoms with van der Waals surface area (Å²) in [4.78, 5) is 17.2. The van der Waals surface area contributed by atoms with Crippen LogP contribution in [0.5, 0.6) is 11.5 Å². The van der Waals surface area contributed by atoms with E-state index in [1.165, 1.54) is 6.42 Å². The van der Waals surface area contributed by atoms with Gasteiger partial charge >= 0.3 is 0 Å². The van der Waals surface area contributed by atoms with E-state index in [0.717, 1.165) is 64.7 Å². The summed E-state index contributed by atoms with van der Waals surface area (Å²) in [5.74, 6) is 1.95. The summed E-state index contributed by atoms with van der Waals surface area (Å²) in [5, 5.41) is 3.38. The van der Waals surface area contributed by atoms with Gasteiger partial charge in [-0.15, -0.1) is 0 Å². The Labute approximate surface area is 177 Å². The highest BCUT2D eigenvalue weighted by Gasteiger charge is 2.23. The smallest absolute Gasteiger partial charge is 0.238 e. The van der Waals surface area contributed by atoms with Gasteiger partial charge in [0.05, 0.1) is 30.5 Å². The molecule has 0 saturated carbocycles. The van der Waals surface area contributed by atoms with Crippen molar-refractivity contribution in [3.63, 3.8) is 0 Å². The predicted molar refractivity (Wildman–Crippen MR) is 112 cm³/mol. The third kappa shape index (κ3) is 5.75. The molecule has 160 valence electrons. The van der Waals surface area contributed by atoms with Gasteiger partial charge in [0, 0.05) is 25.2 Å². The number of piperidine rings is 1. The lowest BCUT2D eigenvalue weighted by atomic mass is 9.93. The Hall–Kier alpha value is -1.54. The lowest BCUT2D eigenvalue weighted by Crippen LogP contribution is -2.41. The van der Waals surface area contributed by atoms with Gasteiger partial charge in [-0.3, -0.25) is 14.6 Å². The normalized spacial score (nSPS) is 21.1. The van der Waals surface area contributed by atoms with Gasteiger partial charge in [-0.25, -0.2) is 0 Å². The molecule has 8 heteroatoms. The summed E-state index contributed by atoms with van der Waals surface area (Å²) < 4.78 is 16.5. The zero-order chi connectivity index (χ0) is 20.1. The number of ether oxygens (including phenoxy) is 3. The van der Waals surface area contributed by atoms with Gasteiger partial charge < -0.3 is 19.5 Å². The van der Waals surface area contributed by atoms with Gasteiger partial charge in [-0.2, -0.15) is 0 Å². The van der Waals surface area contributed by atoms with E-state index >= 15 is 0 Å². The predicted octanol–water partition coefficient (Wildman–Crippen LogP) is 2.48. The fraction of sp³-hybridized carbons (Fsp3) is 0.667. The number of nitrogens with one attached hydrogen (secondary N) is 1. The van der Waals surface area contributed by atoms with Crippen molar-refractivity contribution in [2.75, 3.05) is 71.0 Å². The van der Waals surface area contributed by atoms with Crippen LogP contribution in [0.4, 0.5) is 5.69 Å². The van der Waals surface area contributed by atoms with E-state index in [1.807, 2.05) is 0 Å². The second kappa shape index (κ2) is 9.98. The van der Waals surface area contributed by atoms with Gasteiger partial charge in [0.1, 0.15) is 13.2 Å². The number of carbonyl (C=O) groups excluding carboxylic acids is 1. The molecular weight excluding hydrogens is 394 g/mol. The number of halogens is 1. The molecule has 1 N–H and O–H groups in total. The maximum absolute atomic E-state index is 12.5. The van der Waals surface area contributed by atoms with Gasteiger partial charge in [0.15, 0.2) is 11.5 Å². The van der Waals surface area contributed by atoms with E-state index in [9.17, 15) is 4.79 Å². The van der Waals surface area contributed by atoms with Gasteiger partial charge in [0.2, 0.25) is 5.91 Å². The number of nitrogens with zero attached hydrogens (tertiary/aromatic N) is 2. The van der Waals surface area contributed by atoms with Crippen molar-refractivity contribution in [3.8, 4) is 11.5 Å². The lowest BCUT2D eigenvalue weighted by molar-refractivity contribution is -0.117. The highest BCUT2D eigenvalue weighted by molar-refractivity contribution is 6.34. The Bertz CT molecular complexity index is 703. The number of benzene rings is 1. The molecule has 0 atom stereocenters. The highest BCUT2D eigenvalue weighted by Crippen LogP contribution is 2.38. The van der Waals surface area contributed by atoms with Crippen molar-refractivity contribution < 1.29 is 19.0 Å². The van der Waals surface area contributed by atoms with Gasteiger partial charge in [0.25, 0.3) is 0 Å². The molecule has 0 radical (unpaired) electrons. The maximum atomic E-state index is 12.5. The lowest BCUT2D eigenvalue weighted by Gasteiger charge is -2.33. The first kappa shape index (κ1) is 20.7. The van der Waals surface area contributed by atoms with Crippen LogP contribution in [-0.4, -0.2) is 81.4 Å². The van der Waals surface area contributed by atoms with E-state index in [1.54, 1.807) is 12.1 Å². The standard InChI is InChI=1S/C21H30ClN3O4/c22-17-13-19-20(29-12-11-28-19)14-18(17)23-21(26)15-25-5-2-16(3-6-25)1-4-24-7-9-27-10-8-24/h13-14,16H,1-12,15H2,(H,23,26). The molecule has 0 spiro atoms. The molecule has 0 aliphatic carbocycles. The zero-order valence-corrected chi connectivity index (χ0v) is 17.6. The number of likely N-dealkylation sites (tertiary alicyclic amines) is 1. The van der Waals surface area contributed by atoms with Crippen molar-refractivity contribution in [1.29, 1.82) is 0 Å². The van der Waals surface area contributed by atoms with Crippen LogP contribution in [0.15, 0.2) is 12.1 Å². The number of rotatable bonds is 6. The third-order valence-corrected chi connectivity index (χ3v) is 6.25. The molecule has 3 aliphatic heterocycles. The van der Waals surface area contributed by atoms with Crippen LogP contribution < -0.4 is 14.8 Å². The fourth-order valence-corrected chi connectivity index (χ4v) is 4.38. The maximum Gasteiger partial charge on any atom is 0.238 e. The molecule has 7 nitrogen and oxygen atoms in total. The van der Waals surface area contributed by atoms with Crippen molar-refractivity contribution in [2.24, 2.45) is 5.92 Å². The Morgan fingerprint density at radius 2 is 1.69 bits per heavy atom. The quantitative estimate of drug-likeness (QED) is 0.758. The molecule has 3 aliphatic rings. The fourth-order valence-electron chi connectivity index (χ4n) is 4.18. The van der Waals surface area contributed by atoms with Crippen molar-refractivity contribution in [1.82, 2.24) is 9.80 Å². The molecule has 4 rings (SSSR count). The van der Waals surface area contributed by atoms with Crippen molar-refractivity contribution in [3.05, 3.63) is 17.2 Å². The summed E-state index contributed by atoms with van der Waals surface area (Å²) in [6.45, 7) is 8.34. The molecule has 0 bridgehead atoms. The SMILES string of the molecule is O=C(CN1CCC(CCN2CCOCC2)CC1)Nc1cc2c(cc1Cl)OCCO2. The minimum Gasteiger partial charge on any atom is -0.486 e. The van der Waals surface area contributed by atoms with Crippen molar-refractivity contribution in [2.45, 2.75) is 19.3 Å². The molecule has 2 saturated heterocycles. The second-order valence-corrected chi connectivity index (χ2v) is 8.39. The largest absolute Gasteiger partial charge is 0.486 e. The molecule has 0 aromatic heterocycles. The minimum atomic E-state index is -0.0460. The van der Waals surface area contributed by atoms with Crippen LogP contribution >= 0.6 is 11.6 Å². The molecule has 29 heavy (non-hydrogen) atoms. The van der Waals surface area contributed by atoms with Crippen molar-refractivity contribution >= 4 is 23.2 Å². The van der Waals surface area contributed by atoms with E-state index in [2.05, 4.69) is 15.1 Å². The van der Waals surface area contributed by atoms with Crippen LogP contribution in [-0.2, 0) is 9.53 Å². The average Bonchev–Trinajstić information content (AvgIpc) is 2.74. The van der Waals surface area contributed by atoms with Crippen LogP contribution in [0.3, 0.4) is 0 Å². The Kier molecular flexibility index (Phi) is 7.13. The van der Waals surface area contributed by atoms with E-state index in [-0.39, 0.29) is 5.91 Å². The molecule has 1 aromatic rings. The van der Waals surface area contributed by atoms with E-state index in [0.29, 0.717) is 42.0 Å². The van der Waals surface area contributed by atoms with Gasteiger partial charge in [-0.05, 0) is 44.8 Å². The first-order valence-electron chi connectivity index (χ1n) is 10.6. The summed E-state index contributed by atoms with van der Waals surface area (Å²) in [5.41, 5.74) is 0.571. The minimum absolute atomic E-state index is 0.0460. The molecule has 1 aromatic carbocycles. The monoisotopic (exact) mass is 423 g/mol. The molecular formula is C21H30ClN3O4. The first-order chi connectivity index (χ1) is 14.2. The highest BCUT2D eigenvalue weighted by atomic mass is 35.5. The molecule has 1 amide bonds. The number of amides is 1. The summed E-state index contributed by atoms with van der Waals surface area (Å²) in [7, 11) is 0. The number of carbonyl (C=O) groups is 1. The Morgan fingerprint density at radius 3 is 2.41 bits per heavy atom. The average molecular weight is 424 g/mol. The number of hydrogen-bond donors (Lipinski definition) is 1. The second-order valence-electron chi connectivity index (χ2n) is 7.99. The first-order valence-corrected chi connectivity index (χ1v) is 11.0. The Balaban J connectivity index is 1.20. The number of anilines is 1. The zero-order valence-electron chi connectivity index (χ0n) is 16.8. The molecule has 2 fully saturated rings. The topological polar surface area (TPSA) is 63.3 Å². The number of morpholine rings is 1. The summed E-state index contributed by atoms with van der Waals surface area (Å²) >= 11 is 6.29. The van der Waals surface area contributed by atoms with Crippen LogP contribution in [0, 0.1) is 5.92 Å². The summed E-state index contributed by atoms with van der Waals surface area (Å²) in [6, 6.07) is 3.44. The number of fused-ring (bicyclic) bond motifs is 1. The van der Waals surface area contributed by atoms with Gasteiger partial charge in [-0.1, -0.05) is 11.6 Å².